The van der Waals surface area contributed by atoms with E-state index in [1.54, 1.807) is 0 Å². The van der Waals surface area contributed by atoms with Gasteiger partial charge in [0.05, 0.1) is 0 Å². The van der Waals surface area contributed by atoms with Crippen molar-refractivity contribution in [3.63, 3.8) is 0 Å². The molecule has 0 radical (unpaired) electrons. The molecule has 0 bridgehead atoms. The van der Waals surface area contributed by atoms with Crippen LogP contribution >= 0.6 is 17.9 Å². The molecule has 0 saturated carbocycles. The van der Waals surface area contributed by atoms with Crippen molar-refractivity contribution in [1.29, 1.82) is 0 Å². The molecule has 0 rings (SSSR count). The van der Waals surface area contributed by atoms with E-state index in [-0.39, 0.29) is 29.6 Å². The van der Waals surface area contributed by atoms with E-state index in [0.717, 1.165) is 24.3 Å². The maximum absolute atomic E-state index is 9.90. The predicted molar refractivity (Wildman–Crippen MR) is 104 cm³/mol. The van der Waals surface area contributed by atoms with Crippen LogP contribution < -0.4 is 0 Å². The van der Waals surface area contributed by atoms with Crippen molar-refractivity contribution in [3.8, 4) is 0 Å². The third kappa shape index (κ3) is 16.5. The summed E-state index contributed by atoms with van der Waals surface area (Å²) in [6.07, 6.45) is 15.2. The minimum atomic E-state index is -2.93. The molecule has 0 aliphatic rings. The summed E-state index contributed by atoms with van der Waals surface area (Å²) in [4.78, 5) is 19.8. The van der Waals surface area contributed by atoms with Gasteiger partial charge in [0.1, 0.15) is 0 Å². The first-order valence-corrected chi connectivity index (χ1v) is 13.8. The molecule has 0 aromatic carbocycles. The van der Waals surface area contributed by atoms with Crippen LogP contribution in [-0.4, -0.2) is 21.3 Å². The number of hydrogen-bond donors (Lipinski definition) is 3. The molecule has 0 atom stereocenters. The van der Waals surface area contributed by atoms with Crippen LogP contribution in [0.3, 0.4) is 0 Å². The summed E-state index contributed by atoms with van der Waals surface area (Å²) in [5.74, 6) is 1.93. The fourth-order valence-electron chi connectivity index (χ4n) is 2.45. The standard InChI is InChI=1S/C16H37O2PS2.Zn/c1-3-5-7-9-11-13-15-21(19(17,18)20)16-14-12-10-8-6-4-2;/h17-18,20H,3-16H2,1-2H3;. The summed E-state index contributed by atoms with van der Waals surface area (Å²) >= 11 is 4.10. The SMILES string of the molecule is CCCCCCCCS(CCCCCCCC)=P(O)(O)S.[Zn]. The van der Waals surface area contributed by atoms with E-state index in [4.69, 9.17) is 0 Å². The van der Waals surface area contributed by atoms with Gasteiger partial charge >= 0.3 is 0 Å². The molecular weight excluding hydrogens is 385 g/mol. The Morgan fingerprint density at radius 1 is 0.682 bits per heavy atom. The topological polar surface area (TPSA) is 40.5 Å². The summed E-state index contributed by atoms with van der Waals surface area (Å²) in [7, 11) is -0.270. The molecule has 0 aromatic heterocycles. The van der Waals surface area contributed by atoms with Crippen molar-refractivity contribution < 1.29 is 29.3 Å². The van der Waals surface area contributed by atoms with Gasteiger partial charge in [0.15, 0.2) is 5.69 Å². The van der Waals surface area contributed by atoms with Crippen LogP contribution in [0.2, 0.25) is 0 Å². The third-order valence-corrected chi connectivity index (χ3v) is 11.3. The van der Waals surface area contributed by atoms with Crippen LogP contribution in [0.5, 0.6) is 0 Å². The van der Waals surface area contributed by atoms with Crippen LogP contribution in [0, 0.1) is 0 Å². The number of thiol groups is 1. The summed E-state index contributed by atoms with van der Waals surface area (Å²) in [5, 5.41) is 0. The zero-order chi connectivity index (χ0) is 16.0. The summed E-state index contributed by atoms with van der Waals surface area (Å²) < 4.78 is 0. The first kappa shape index (κ1) is 25.9. The quantitative estimate of drug-likeness (QED) is 0.141. The molecule has 0 aliphatic heterocycles. The Bertz CT molecular complexity index is 270. The summed E-state index contributed by atoms with van der Waals surface area (Å²) in [6, 6.07) is 0. The molecule has 0 saturated heterocycles. The van der Waals surface area contributed by atoms with Gasteiger partial charge in [0.2, 0.25) is 0 Å². The van der Waals surface area contributed by atoms with E-state index in [1.165, 1.54) is 64.2 Å². The van der Waals surface area contributed by atoms with Crippen molar-refractivity contribution in [2.75, 3.05) is 11.5 Å². The predicted octanol–water partition coefficient (Wildman–Crippen LogP) is 5.92. The largest absolute Gasteiger partial charge is 0.341 e. The molecule has 2 N–H and O–H groups in total. The van der Waals surface area contributed by atoms with Gasteiger partial charge in [0.25, 0.3) is 0 Å². The van der Waals surface area contributed by atoms with Gasteiger partial charge < -0.3 is 9.79 Å². The maximum Gasteiger partial charge on any atom is 0.198 e. The summed E-state index contributed by atoms with van der Waals surface area (Å²) in [6.45, 7) is 4.46. The van der Waals surface area contributed by atoms with Gasteiger partial charge in [-0.05, 0) is 24.3 Å². The van der Waals surface area contributed by atoms with E-state index in [1.807, 2.05) is 0 Å². The molecule has 0 fully saturated rings. The maximum atomic E-state index is 9.90. The number of unbranched alkanes of at least 4 members (excludes halogenated alkanes) is 10. The van der Waals surface area contributed by atoms with Gasteiger partial charge in [-0.25, -0.2) is 0 Å². The first-order chi connectivity index (χ1) is 10.0. The molecule has 0 heterocycles. The van der Waals surface area contributed by atoms with Gasteiger partial charge in [-0.1, -0.05) is 90.3 Å². The van der Waals surface area contributed by atoms with Gasteiger partial charge in [-0.3, -0.25) is 0 Å². The van der Waals surface area contributed by atoms with Crippen LogP contribution in [0.25, 0.3) is 0 Å². The van der Waals surface area contributed by atoms with E-state index < -0.39 is 5.69 Å². The van der Waals surface area contributed by atoms with Crippen LogP contribution in [0.15, 0.2) is 0 Å². The zero-order valence-electron chi connectivity index (χ0n) is 14.8. The smallest absolute Gasteiger partial charge is 0.198 e. The normalized spacial score (nSPS) is 11.7. The second-order valence-corrected chi connectivity index (χ2v) is 14.2. The van der Waals surface area contributed by atoms with Crippen molar-refractivity contribution in [3.05, 3.63) is 0 Å². The Hall–Kier alpha value is 1.67. The average molecular weight is 422 g/mol. The molecule has 132 valence electrons. The van der Waals surface area contributed by atoms with Crippen LogP contribution in [0.1, 0.15) is 90.9 Å². The fourth-order valence-corrected chi connectivity index (χ4v) is 7.93. The Labute approximate surface area is 159 Å². The van der Waals surface area contributed by atoms with Gasteiger partial charge in [0, 0.05) is 19.5 Å². The third-order valence-electron chi connectivity index (χ3n) is 3.81. The molecule has 6 heteroatoms. The minimum Gasteiger partial charge on any atom is -0.341 e. The average Bonchev–Trinajstić information content (AvgIpc) is 2.42. The van der Waals surface area contributed by atoms with E-state index in [0.29, 0.717) is 0 Å². The first-order valence-electron chi connectivity index (χ1n) is 8.77. The monoisotopic (exact) mass is 420 g/mol. The molecule has 0 aromatic rings. The Morgan fingerprint density at radius 3 is 1.32 bits per heavy atom. The Morgan fingerprint density at radius 2 is 1.00 bits per heavy atom. The van der Waals surface area contributed by atoms with Crippen molar-refractivity contribution in [1.82, 2.24) is 0 Å². The second kappa shape index (κ2) is 17.5. The number of rotatable bonds is 14. The molecule has 0 aliphatic carbocycles. The fraction of sp³-hybridized carbons (Fsp3) is 1.00. The van der Waals surface area contributed by atoms with Crippen molar-refractivity contribution >= 4 is 28.0 Å². The number of hydrogen-bond acceptors (Lipinski definition) is 0. The van der Waals surface area contributed by atoms with Crippen molar-refractivity contribution in [2.24, 2.45) is 0 Å². The van der Waals surface area contributed by atoms with Crippen LogP contribution in [-0.2, 0) is 29.6 Å². The second-order valence-electron chi connectivity index (χ2n) is 5.92. The molecule has 22 heavy (non-hydrogen) atoms. The van der Waals surface area contributed by atoms with E-state index in [9.17, 15) is 9.79 Å². The Kier molecular flexibility index (Phi) is 20.6. The van der Waals surface area contributed by atoms with E-state index >= 15 is 0 Å². The zero-order valence-corrected chi connectivity index (χ0v) is 20.4. The molecule has 0 amide bonds. The molecule has 0 spiro atoms. The van der Waals surface area contributed by atoms with Crippen LogP contribution in [0.4, 0.5) is 0 Å². The Balaban J connectivity index is 0. The van der Waals surface area contributed by atoms with E-state index in [2.05, 4.69) is 26.1 Å². The van der Waals surface area contributed by atoms with Gasteiger partial charge in [-0.2, -0.15) is 0 Å². The molecule has 2 nitrogen and oxygen atoms in total. The van der Waals surface area contributed by atoms with Crippen molar-refractivity contribution in [2.45, 2.75) is 90.9 Å². The van der Waals surface area contributed by atoms with Gasteiger partial charge in [-0.15, -0.1) is 10.1 Å². The minimum absolute atomic E-state index is 0. The summed E-state index contributed by atoms with van der Waals surface area (Å²) in [5.41, 5.74) is -2.93. The molecule has 0 unspecified atom stereocenters. The molecular formula is C16H37O2PS2Zn.